The quantitative estimate of drug-likeness (QED) is 0.680. The van der Waals surface area contributed by atoms with E-state index in [0.29, 0.717) is 0 Å². The molecule has 74 valence electrons. The van der Waals surface area contributed by atoms with Crippen LogP contribution in [0.25, 0.3) is 0 Å². The molecule has 1 N–H and O–H groups in total. The number of rotatable bonds is 4. The highest BCUT2D eigenvalue weighted by molar-refractivity contribution is 7.87. The SMILES string of the molecule is CN(C)S(=O)(=O)NC(C#N)C1CC1. The predicted molar refractivity (Wildman–Crippen MR) is 47.9 cm³/mol. The van der Waals surface area contributed by atoms with Crippen LogP contribution >= 0.6 is 0 Å². The van der Waals surface area contributed by atoms with Crippen molar-refractivity contribution in [3.05, 3.63) is 0 Å². The van der Waals surface area contributed by atoms with Crippen molar-refractivity contribution in [1.82, 2.24) is 9.03 Å². The zero-order valence-corrected chi connectivity index (χ0v) is 8.50. The maximum atomic E-state index is 11.3. The van der Waals surface area contributed by atoms with E-state index >= 15 is 0 Å². The van der Waals surface area contributed by atoms with Gasteiger partial charge in [-0.25, -0.2) is 0 Å². The van der Waals surface area contributed by atoms with E-state index in [1.807, 2.05) is 6.07 Å². The largest absolute Gasteiger partial charge is 0.280 e. The molecule has 0 radical (unpaired) electrons. The van der Waals surface area contributed by atoms with Gasteiger partial charge < -0.3 is 0 Å². The van der Waals surface area contributed by atoms with Crippen LogP contribution in [0, 0.1) is 17.2 Å². The molecule has 13 heavy (non-hydrogen) atoms. The van der Waals surface area contributed by atoms with Gasteiger partial charge in [0.1, 0.15) is 6.04 Å². The van der Waals surface area contributed by atoms with Crippen LogP contribution in [0.1, 0.15) is 12.8 Å². The Morgan fingerprint density at radius 2 is 2.08 bits per heavy atom. The summed E-state index contributed by atoms with van der Waals surface area (Å²) in [5.41, 5.74) is 0. The predicted octanol–water partition coefficient (Wildman–Crippen LogP) is -0.315. The molecule has 1 rings (SSSR count). The van der Waals surface area contributed by atoms with E-state index in [4.69, 9.17) is 5.26 Å². The smallest absolute Gasteiger partial charge is 0.197 e. The average molecular weight is 203 g/mol. The minimum Gasteiger partial charge on any atom is -0.197 e. The van der Waals surface area contributed by atoms with Gasteiger partial charge in [-0.05, 0) is 18.8 Å². The summed E-state index contributed by atoms with van der Waals surface area (Å²) in [7, 11) is -0.585. The van der Waals surface area contributed by atoms with Crippen LogP contribution in [-0.2, 0) is 10.2 Å². The zero-order chi connectivity index (χ0) is 10.1. The molecule has 0 aromatic carbocycles. The molecule has 0 spiro atoms. The highest BCUT2D eigenvalue weighted by atomic mass is 32.2. The molecule has 0 aliphatic heterocycles. The van der Waals surface area contributed by atoms with Gasteiger partial charge in [-0.2, -0.15) is 22.7 Å². The molecule has 0 heterocycles. The van der Waals surface area contributed by atoms with Crippen LogP contribution in [0.4, 0.5) is 0 Å². The van der Waals surface area contributed by atoms with Crippen LogP contribution in [0.15, 0.2) is 0 Å². The summed E-state index contributed by atoms with van der Waals surface area (Å²) in [5.74, 6) is 0.208. The molecule has 1 saturated carbocycles. The molecule has 5 nitrogen and oxygen atoms in total. The van der Waals surface area contributed by atoms with Gasteiger partial charge in [-0.1, -0.05) is 0 Å². The molecule has 0 bridgehead atoms. The van der Waals surface area contributed by atoms with E-state index in [9.17, 15) is 8.42 Å². The lowest BCUT2D eigenvalue weighted by Crippen LogP contribution is -2.42. The van der Waals surface area contributed by atoms with Crippen molar-refractivity contribution in [2.45, 2.75) is 18.9 Å². The summed E-state index contributed by atoms with van der Waals surface area (Å²) in [6.07, 6.45) is 1.88. The van der Waals surface area contributed by atoms with Gasteiger partial charge in [0.05, 0.1) is 6.07 Å². The summed E-state index contributed by atoms with van der Waals surface area (Å²) in [5, 5.41) is 8.69. The van der Waals surface area contributed by atoms with E-state index in [-0.39, 0.29) is 5.92 Å². The molecule has 1 atom stereocenters. The summed E-state index contributed by atoms with van der Waals surface area (Å²) in [6.45, 7) is 0. The highest BCUT2D eigenvalue weighted by Crippen LogP contribution is 2.32. The van der Waals surface area contributed by atoms with Crippen LogP contribution < -0.4 is 4.72 Å². The first-order valence-electron chi connectivity index (χ1n) is 4.07. The molecule has 0 saturated heterocycles. The van der Waals surface area contributed by atoms with E-state index in [2.05, 4.69) is 4.72 Å². The molecule has 1 unspecified atom stereocenters. The van der Waals surface area contributed by atoms with E-state index < -0.39 is 16.3 Å². The maximum absolute atomic E-state index is 11.3. The Bertz CT molecular complexity index is 313. The molecule has 0 aromatic heterocycles. The fourth-order valence-electron chi connectivity index (χ4n) is 0.923. The van der Waals surface area contributed by atoms with Crippen LogP contribution in [0.3, 0.4) is 0 Å². The van der Waals surface area contributed by atoms with Crippen LogP contribution in [0.2, 0.25) is 0 Å². The fourth-order valence-corrected chi connectivity index (χ4v) is 1.70. The summed E-state index contributed by atoms with van der Waals surface area (Å²) >= 11 is 0. The van der Waals surface area contributed by atoms with Crippen molar-refractivity contribution >= 4 is 10.2 Å². The Morgan fingerprint density at radius 1 is 1.54 bits per heavy atom. The second-order valence-corrected chi connectivity index (χ2v) is 5.27. The topological polar surface area (TPSA) is 73.2 Å². The normalized spacial score (nSPS) is 19.8. The van der Waals surface area contributed by atoms with Crippen LogP contribution in [0.5, 0.6) is 0 Å². The maximum Gasteiger partial charge on any atom is 0.280 e. The van der Waals surface area contributed by atoms with Gasteiger partial charge in [0.15, 0.2) is 0 Å². The third-order valence-corrected chi connectivity index (χ3v) is 3.50. The molecule has 1 aliphatic carbocycles. The highest BCUT2D eigenvalue weighted by Gasteiger charge is 2.34. The summed E-state index contributed by atoms with van der Waals surface area (Å²) in [6, 6.07) is 1.40. The first-order valence-corrected chi connectivity index (χ1v) is 5.51. The third kappa shape index (κ3) is 2.66. The van der Waals surface area contributed by atoms with Crippen molar-refractivity contribution in [3.63, 3.8) is 0 Å². The van der Waals surface area contributed by atoms with Gasteiger partial charge >= 0.3 is 0 Å². The van der Waals surface area contributed by atoms with Gasteiger partial charge in [-0.15, -0.1) is 0 Å². The summed E-state index contributed by atoms with van der Waals surface area (Å²) in [4.78, 5) is 0. The molecular formula is C7H13N3O2S. The van der Waals surface area contributed by atoms with E-state index in [1.54, 1.807) is 0 Å². The Balaban J connectivity index is 2.61. The third-order valence-electron chi connectivity index (χ3n) is 1.99. The van der Waals surface area contributed by atoms with E-state index in [0.717, 1.165) is 17.1 Å². The number of nitrogens with zero attached hydrogens (tertiary/aromatic N) is 2. The lowest BCUT2D eigenvalue weighted by molar-refractivity contribution is 0.492. The lowest BCUT2D eigenvalue weighted by atomic mass is 10.2. The first-order chi connectivity index (χ1) is 5.97. The Labute approximate surface area is 78.5 Å². The number of hydrogen-bond donors (Lipinski definition) is 1. The Morgan fingerprint density at radius 3 is 2.38 bits per heavy atom. The minimum absolute atomic E-state index is 0.208. The monoisotopic (exact) mass is 203 g/mol. The second kappa shape index (κ2) is 3.62. The molecule has 0 aromatic rings. The Kier molecular flexibility index (Phi) is 2.91. The fraction of sp³-hybridized carbons (Fsp3) is 0.857. The van der Waals surface area contributed by atoms with Gasteiger partial charge in [0.2, 0.25) is 0 Å². The second-order valence-electron chi connectivity index (χ2n) is 3.35. The molecule has 0 amide bonds. The Hall–Kier alpha value is -0.640. The van der Waals surface area contributed by atoms with Gasteiger partial charge in [0.25, 0.3) is 10.2 Å². The van der Waals surface area contributed by atoms with E-state index in [1.165, 1.54) is 14.1 Å². The van der Waals surface area contributed by atoms with Crippen molar-refractivity contribution in [3.8, 4) is 6.07 Å². The zero-order valence-electron chi connectivity index (χ0n) is 7.69. The molecular weight excluding hydrogens is 190 g/mol. The van der Waals surface area contributed by atoms with Gasteiger partial charge in [-0.3, -0.25) is 0 Å². The molecule has 1 fully saturated rings. The average Bonchev–Trinajstić information content (AvgIpc) is 2.82. The first kappa shape index (κ1) is 10.4. The number of nitriles is 1. The van der Waals surface area contributed by atoms with Gasteiger partial charge in [0, 0.05) is 14.1 Å². The molecule has 6 heteroatoms. The standard InChI is InChI=1S/C7H13N3O2S/c1-10(2)13(11,12)9-7(5-8)6-3-4-6/h6-7,9H,3-4H2,1-2H3. The van der Waals surface area contributed by atoms with Crippen molar-refractivity contribution < 1.29 is 8.42 Å². The lowest BCUT2D eigenvalue weighted by Gasteiger charge is -2.15. The van der Waals surface area contributed by atoms with Crippen molar-refractivity contribution in [2.24, 2.45) is 5.92 Å². The number of nitrogens with one attached hydrogen (secondary N) is 1. The van der Waals surface area contributed by atoms with Crippen molar-refractivity contribution in [1.29, 1.82) is 5.26 Å². The van der Waals surface area contributed by atoms with Crippen LogP contribution in [-0.4, -0.2) is 32.9 Å². The molecule has 1 aliphatic rings. The summed E-state index contributed by atoms with van der Waals surface area (Å²) < 4.78 is 26.0. The van der Waals surface area contributed by atoms with Crippen molar-refractivity contribution in [2.75, 3.05) is 14.1 Å². The minimum atomic E-state index is -3.45. The number of hydrogen-bond acceptors (Lipinski definition) is 3.